The van der Waals surface area contributed by atoms with E-state index in [1.165, 1.54) is 5.56 Å². The van der Waals surface area contributed by atoms with E-state index < -0.39 is 0 Å². The molecule has 0 unspecified atom stereocenters. The van der Waals surface area contributed by atoms with Gasteiger partial charge in [0.05, 0.1) is 26.1 Å². The van der Waals surface area contributed by atoms with Crippen molar-refractivity contribution < 1.29 is 9.84 Å². The summed E-state index contributed by atoms with van der Waals surface area (Å²) in [5.41, 5.74) is 4.58. The summed E-state index contributed by atoms with van der Waals surface area (Å²) in [6, 6.07) is 12.9. The fourth-order valence-corrected chi connectivity index (χ4v) is 5.19. The van der Waals surface area contributed by atoms with Crippen molar-refractivity contribution in [3.05, 3.63) is 66.2 Å². The predicted octanol–water partition coefficient (Wildman–Crippen LogP) is 3.05. The molecular weight excluding hydrogens is 454 g/mol. The molecular formula is C27H31N7O2. The molecule has 1 N–H and O–H groups in total. The Kier molecular flexibility index (Phi) is 6.59. The van der Waals surface area contributed by atoms with Crippen molar-refractivity contribution in [1.29, 1.82) is 0 Å². The number of rotatable bonds is 6. The largest absolute Gasteiger partial charge is 0.392 e. The van der Waals surface area contributed by atoms with Gasteiger partial charge in [0, 0.05) is 56.7 Å². The summed E-state index contributed by atoms with van der Waals surface area (Å²) in [7, 11) is 0. The number of nitrogens with zero attached hydrogens (tertiary/aromatic N) is 7. The number of hydrogen-bond donors (Lipinski definition) is 1. The van der Waals surface area contributed by atoms with E-state index >= 15 is 0 Å². The van der Waals surface area contributed by atoms with Crippen LogP contribution < -0.4 is 4.90 Å². The Hall–Kier alpha value is -3.40. The second-order valence-electron chi connectivity index (χ2n) is 9.53. The summed E-state index contributed by atoms with van der Waals surface area (Å²) in [5, 5.41) is 9.61. The fourth-order valence-electron chi connectivity index (χ4n) is 5.19. The van der Waals surface area contributed by atoms with E-state index in [2.05, 4.69) is 49.7 Å². The molecule has 1 aromatic carbocycles. The third-order valence-corrected chi connectivity index (χ3v) is 7.15. The number of imidazole rings is 1. The van der Waals surface area contributed by atoms with E-state index in [-0.39, 0.29) is 6.61 Å². The number of pyridine rings is 1. The standard InChI is InChI=1S/C27H31N7O2/c35-18-21-14-22(16-28-15-21)25-30-26(33-10-12-36-13-11-33)24-27(31-25)34(19-29-24)23-6-8-32(9-7-23)17-20-4-2-1-3-5-20/h1-5,14-16,19,23,35H,6-13,17-18H2. The molecule has 0 spiro atoms. The van der Waals surface area contributed by atoms with Gasteiger partial charge in [0.2, 0.25) is 0 Å². The van der Waals surface area contributed by atoms with Gasteiger partial charge in [-0.15, -0.1) is 0 Å². The number of morpholine rings is 1. The summed E-state index contributed by atoms with van der Waals surface area (Å²) in [6.07, 6.45) is 7.45. The maximum absolute atomic E-state index is 9.61. The minimum absolute atomic E-state index is 0.0705. The molecule has 36 heavy (non-hydrogen) atoms. The van der Waals surface area contributed by atoms with Crippen molar-refractivity contribution in [2.75, 3.05) is 44.3 Å². The molecule has 186 valence electrons. The predicted molar refractivity (Wildman–Crippen MR) is 137 cm³/mol. The molecule has 3 aromatic heterocycles. The van der Waals surface area contributed by atoms with Crippen molar-refractivity contribution in [3.8, 4) is 11.4 Å². The van der Waals surface area contributed by atoms with Crippen LogP contribution >= 0.6 is 0 Å². The summed E-state index contributed by atoms with van der Waals surface area (Å²) in [5.74, 6) is 1.45. The maximum Gasteiger partial charge on any atom is 0.166 e. The Labute approximate surface area is 210 Å². The molecule has 9 nitrogen and oxygen atoms in total. The molecule has 4 aromatic rings. The van der Waals surface area contributed by atoms with Gasteiger partial charge >= 0.3 is 0 Å². The number of hydrogen-bond acceptors (Lipinski definition) is 8. The van der Waals surface area contributed by atoms with Crippen LogP contribution in [0.1, 0.15) is 30.0 Å². The van der Waals surface area contributed by atoms with Crippen LogP contribution in [0.4, 0.5) is 5.82 Å². The van der Waals surface area contributed by atoms with Crippen LogP contribution in [0.5, 0.6) is 0 Å². The first kappa shape index (κ1) is 23.0. The lowest BCUT2D eigenvalue weighted by Gasteiger charge is -2.32. The highest BCUT2D eigenvalue weighted by Crippen LogP contribution is 2.32. The lowest BCUT2D eigenvalue weighted by molar-refractivity contribution is 0.122. The molecule has 0 aliphatic carbocycles. The number of piperidine rings is 1. The monoisotopic (exact) mass is 485 g/mol. The molecule has 6 rings (SSSR count). The van der Waals surface area contributed by atoms with Gasteiger partial charge in [-0.1, -0.05) is 30.3 Å². The van der Waals surface area contributed by atoms with Crippen LogP contribution in [0.15, 0.2) is 55.1 Å². The molecule has 5 heterocycles. The zero-order chi connectivity index (χ0) is 24.3. The molecule has 2 fully saturated rings. The molecule has 2 aliphatic rings. The number of aliphatic hydroxyl groups excluding tert-OH is 1. The normalized spacial score (nSPS) is 17.6. The zero-order valence-electron chi connectivity index (χ0n) is 20.3. The average molecular weight is 486 g/mol. The lowest BCUT2D eigenvalue weighted by atomic mass is 10.0. The number of anilines is 1. The molecule has 0 saturated carbocycles. The molecule has 0 atom stereocenters. The van der Waals surface area contributed by atoms with Gasteiger partial charge < -0.3 is 19.3 Å². The molecule has 9 heteroatoms. The van der Waals surface area contributed by atoms with Crippen LogP contribution in [0.2, 0.25) is 0 Å². The Balaban J connectivity index is 1.32. The maximum atomic E-state index is 9.61. The van der Waals surface area contributed by atoms with Crippen LogP contribution in [-0.4, -0.2) is 73.9 Å². The number of benzene rings is 1. The van der Waals surface area contributed by atoms with Gasteiger partial charge in [0.25, 0.3) is 0 Å². The second-order valence-corrected chi connectivity index (χ2v) is 9.53. The third kappa shape index (κ3) is 4.69. The zero-order valence-corrected chi connectivity index (χ0v) is 20.3. The lowest BCUT2D eigenvalue weighted by Crippen LogP contribution is -2.37. The molecule has 0 amide bonds. The third-order valence-electron chi connectivity index (χ3n) is 7.15. The van der Waals surface area contributed by atoms with Gasteiger partial charge in [-0.2, -0.15) is 0 Å². The van der Waals surface area contributed by atoms with E-state index in [4.69, 9.17) is 19.7 Å². The first-order valence-electron chi connectivity index (χ1n) is 12.7. The van der Waals surface area contributed by atoms with E-state index in [1.807, 2.05) is 12.4 Å². The van der Waals surface area contributed by atoms with E-state index in [0.717, 1.165) is 73.7 Å². The molecule has 2 saturated heterocycles. The van der Waals surface area contributed by atoms with Gasteiger partial charge in [0.1, 0.15) is 0 Å². The summed E-state index contributed by atoms with van der Waals surface area (Å²) in [6.45, 7) is 5.87. The van der Waals surface area contributed by atoms with Gasteiger partial charge in [-0.25, -0.2) is 15.0 Å². The van der Waals surface area contributed by atoms with Crippen molar-refractivity contribution in [3.63, 3.8) is 0 Å². The van der Waals surface area contributed by atoms with Crippen LogP contribution in [0.25, 0.3) is 22.6 Å². The van der Waals surface area contributed by atoms with Crippen molar-refractivity contribution in [2.24, 2.45) is 0 Å². The minimum atomic E-state index is -0.0705. The van der Waals surface area contributed by atoms with Crippen LogP contribution in [0.3, 0.4) is 0 Å². The summed E-state index contributed by atoms with van der Waals surface area (Å²) >= 11 is 0. The van der Waals surface area contributed by atoms with Crippen LogP contribution in [-0.2, 0) is 17.9 Å². The number of likely N-dealkylation sites (tertiary alicyclic amines) is 1. The summed E-state index contributed by atoms with van der Waals surface area (Å²) in [4.78, 5) is 23.8. The minimum Gasteiger partial charge on any atom is -0.392 e. The SMILES string of the molecule is OCc1cncc(-c2nc(N3CCOCC3)c3ncn(C4CCN(Cc5ccccc5)CC4)c3n2)c1. The van der Waals surface area contributed by atoms with Gasteiger partial charge in [-0.3, -0.25) is 9.88 Å². The Morgan fingerprint density at radius 1 is 0.944 bits per heavy atom. The smallest absolute Gasteiger partial charge is 0.166 e. The van der Waals surface area contributed by atoms with Crippen molar-refractivity contribution in [1.82, 2.24) is 29.4 Å². The Bertz CT molecular complexity index is 1310. The molecule has 0 bridgehead atoms. The highest BCUT2D eigenvalue weighted by Gasteiger charge is 2.26. The topological polar surface area (TPSA) is 92.4 Å². The highest BCUT2D eigenvalue weighted by molar-refractivity contribution is 5.86. The number of aliphatic hydroxyl groups is 1. The number of fused-ring (bicyclic) bond motifs is 1. The van der Waals surface area contributed by atoms with E-state index in [9.17, 15) is 5.11 Å². The number of aromatic nitrogens is 5. The number of ether oxygens (including phenoxy) is 1. The van der Waals surface area contributed by atoms with E-state index in [0.29, 0.717) is 25.1 Å². The first-order chi connectivity index (χ1) is 17.8. The quantitative estimate of drug-likeness (QED) is 0.446. The van der Waals surface area contributed by atoms with Gasteiger partial charge in [0.15, 0.2) is 22.8 Å². The first-order valence-corrected chi connectivity index (χ1v) is 12.7. The highest BCUT2D eigenvalue weighted by atomic mass is 16.5. The van der Waals surface area contributed by atoms with E-state index in [1.54, 1.807) is 12.4 Å². The Morgan fingerprint density at radius 3 is 2.53 bits per heavy atom. The molecule has 2 aliphatic heterocycles. The summed E-state index contributed by atoms with van der Waals surface area (Å²) < 4.78 is 7.82. The second kappa shape index (κ2) is 10.3. The van der Waals surface area contributed by atoms with Crippen molar-refractivity contribution >= 4 is 17.0 Å². The van der Waals surface area contributed by atoms with Crippen LogP contribution in [0, 0.1) is 0 Å². The fraction of sp³-hybridized carbons (Fsp3) is 0.407. The van der Waals surface area contributed by atoms with Gasteiger partial charge in [-0.05, 0) is 30.0 Å². The van der Waals surface area contributed by atoms with Crippen molar-refractivity contribution in [2.45, 2.75) is 32.0 Å². The molecule has 0 radical (unpaired) electrons. The average Bonchev–Trinajstić information content (AvgIpc) is 3.38. The Morgan fingerprint density at radius 2 is 1.75 bits per heavy atom.